The van der Waals surface area contributed by atoms with Gasteiger partial charge in [0.05, 0.1) is 18.1 Å². The Hall–Kier alpha value is -4.21. The third kappa shape index (κ3) is 4.15. The van der Waals surface area contributed by atoms with E-state index in [1.54, 1.807) is 30.3 Å². The standard InChI is InChI=1S/C22H17F3N4O3/c1-31-17-10-9-16(18-19(17)29-32-20(18)26)12-5-7-14(8-6-12)27-21(30)28-15-4-2-3-13(11-15)22(23,24)25/h2-11H,26H2,1H3,(H2,27,28,30). The van der Waals surface area contributed by atoms with Gasteiger partial charge in [0.15, 0.2) is 5.52 Å². The zero-order valence-electron chi connectivity index (χ0n) is 16.7. The van der Waals surface area contributed by atoms with E-state index in [1.165, 1.54) is 19.2 Å². The number of nitrogens with two attached hydrogens (primary N) is 1. The topological polar surface area (TPSA) is 102 Å². The van der Waals surface area contributed by atoms with Gasteiger partial charge in [-0.2, -0.15) is 13.2 Å². The number of halogens is 3. The summed E-state index contributed by atoms with van der Waals surface area (Å²) in [7, 11) is 1.52. The molecule has 3 aromatic carbocycles. The molecule has 0 aliphatic heterocycles. The number of nitrogen functional groups attached to an aromatic ring is 1. The summed E-state index contributed by atoms with van der Waals surface area (Å²) in [5, 5.41) is 9.51. The van der Waals surface area contributed by atoms with E-state index >= 15 is 0 Å². The number of carbonyl (C=O) groups excluding carboxylic acids is 1. The lowest BCUT2D eigenvalue weighted by Crippen LogP contribution is -2.19. The number of aromatic nitrogens is 1. The van der Waals surface area contributed by atoms with Crippen LogP contribution in [0.25, 0.3) is 22.0 Å². The summed E-state index contributed by atoms with van der Waals surface area (Å²) in [6.45, 7) is 0. The van der Waals surface area contributed by atoms with E-state index in [9.17, 15) is 18.0 Å². The van der Waals surface area contributed by atoms with E-state index in [0.717, 1.165) is 23.3 Å². The number of benzene rings is 3. The first-order valence-corrected chi connectivity index (χ1v) is 9.34. The molecule has 4 aromatic rings. The molecule has 1 aromatic heterocycles. The fraction of sp³-hybridized carbons (Fsp3) is 0.0909. The SMILES string of the molecule is COc1ccc(-c2ccc(NC(=O)Nc3cccc(C(F)(F)F)c3)cc2)c2c(N)onc12. The van der Waals surface area contributed by atoms with Gasteiger partial charge in [0.2, 0.25) is 5.88 Å². The van der Waals surface area contributed by atoms with Crippen LogP contribution in [0.3, 0.4) is 0 Å². The predicted octanol–water partition coefficient (Wildman–Crippen LogP) is 5.75. The molecule has 10 heteroatoms. The van der Waals surface area contributed by atoms with Crippen molar-refractivity contribution >= 4 is 34.2 Å². The number of alkyl halides is 3. The average Bonchev–Trinajstić information content (AvgIpc) is 3.15. The van der Waals surface area contributed by atoms with Gasteiger partial charge >= 0.3 is 12.2 Å². The van der Waals surface area contributed by atoms with Crippen molar-refractivity contribution in [3.05, 3.63) is 66.2 Å². The molecule has 2 amide bonds. The van der Waals surface area contributed by atoms with Gasteiger partial charge in [-0.3, -0.25) is 0 Å². The zero-order valence-corrected chi connectivity index (χ0v) is 16.7. The first-order valence-electron chi connectivity index (χ1n) is 9.34. The molecule has 0 fully saturated rings. The highest BCUT2D eigenvalue weighted by Gasteiger charge is 2.30. The largest absolute Gasteiger partial charge is 0.494 e. The highest BCUT2D eigenvalue weighted by molar-refractivity contribution is 6.04. The summed E-state index contributed by atoms with van der Waals surface area (Å²) in [5.41, 5.74) is 7.59. The minimum Gasteiger partial charge on any atom is -0.494 e. The molecule has 0 unspecified atom stereocenters. The fourth-order valence-corrected chi connectivity index (χ4v) is 3.26. The number of amides is 2. The third-order valence-corrected chi connectivity index (χ3v) is 4.74. The highest BCUT2D eigenvalue weighted by Crippen LogP contribution is 2.37. The fourth-order valence-electron chi connectivity index (χ4n) is 3.26. The summed E-state index contributed by atoms with van der Waals surface area (Å²) in [6.07, 6.45) is -4.50. The first kappa shape index (κ1) is 21.0. The Morgan fingerprint density at radius 2 is 1.75 bits per heavy atom. The molecule has 0 aliphatic carbocycles. The number of carbonyl (C=O) groups is 1. The number of nitrogens with one attached hydrogen (secondary N) is 2. The molecule has 32 heavy (non-hydrogen) atoms. The van der Waals surface area contributed by atoms with Crippen LogP contribution in [0.4, 0.5) is 35.2 Å². The van der Waals surface area contributed by atoms with Crippen LogP contribution >= 0.6 is 0 Å². The molecule has 0 atom stereocenters. The average molecular weight is 442 g/mol. The van der Waals surface area contributed by atoms with Gasteiger partial charge in [0.1, 0.15) is 5.75 Å². The molecule has 4 N–H and O–H groups in total. The number of hydrogen-bond acceptors (Lipinski definition) is 5. The Balaban J connectivity index is 1.51. The number of ether oxygens (including phenoxy) is 1. The van der Waals surface area contributed by atoms with Crippen molar-refractivity contribution in [3.63, 3.8) is 0 Å². The van der Waals surface area contributed by atoms with Gasteiger partial charge in [-0.15, -0.1) is 0 Å². The molecule has 1 heterocycles. The Morgan fingerprint density at radius 1 is 1.03 bits per heavy atom. The maximum Gasteiger partial charge on any atom is 0.416 e. The molecule has 4 rings (SSSR count). The first-order chi connectivity index (χ1) is 15.3. The maximum atomic E-state index is 12.8. The number of methoxy groups -OCH3 is 1. The Morgan fingerprint density at radius 3 is 2.44 bits per heavy atom. The van der Waals surface area contributed by atoms with E-state index in [-0.39, 0.29) is 11.6 Å². The van der Waals surface area contributed by atoms with Crippen molar-refractivity contribution in [2.45, 2.75) is 6.18 Å². The molecule has 0 saturated heterocycles. The second-order valence-electron chi connectivity index (χ2n) is 6.82. The van der Waals surface area contributed by atoms with E-state index in [1.807, 2.05) is 6.07 Å². The number of anilines is 3. The predicted molar refractivity (Wildman–Crippen MR) is 114 cm³/mol. The van der Waals surface area contributed by atoms with Crippen LogP contribution in [-0.2, 0) is 6.18 Å². The van der Waals surface area contributed by atoms with Crippen molar-refractivity contribution < 1.29 is 27.2 Å². The second kappa shape index (κ2) is 8.14. The van der Waals surface area contributed by atoms with E-state index in [2.05, 4.69) is 15.8 Å². The third-order valence-electron chi connectivity index (χ3n) is 4.74. The van der Waals surface area contributed by atoms with E-state index in [0.29, 0.717) is 22.3 Å². The van der Waals surface area contributed by atoms with Gasteiger partial charge in [-0.25, -0.2) is 4.79 Å². The van der Waals surface area contributed by atoms with Crippen molar-refractivity contribution in [1.82, 2.24) is 5.16 Å². The molecule has 0 saturated carbocycles. The number of fused-ring (bicyclic) bond motifs is 1. The van der Waals surface area contributed by atoms with Crippen LogP contribution < -0.4 is 21.1 Å². The minimum absolute atomic E-state index is 0.0255. The minimum atomic E-state index is -4.50. The van der Waals surface area contributed by atoms with Gasteiger partial charge < -0.3 is 25.6 Å². The molecular weight excluding hydrogens is 425 g/mol. The highest BCUT2D eigenvalue weighted by atomic mass is 19.4. The van der Waals surface area contributed by atoms with Crippen LogP contribution in [0.15, 0.2) is 65.2 Å². The lowest BCUT2D eigenvalue weighted by molar-refractivity contribution is -0.137. The van der Waals surface area contributed by atoms with Crippen LogP contribution in [-0.4, -0.2) is 18.3 Å². The van der Waals surface area contributed by atoms with Crippen molar-refractivity contribution in [2.75, 3.05) is 23.5 Å². The molecule has 0 radical (unpaired) electrons. The van der Waals surface area contributed by atoms with E-state index < -0.39 is 17.8 Å². The van der Waals surface area contributed by atoms with Gasteiger partial charge in [-0.1, -0.05) is 23.4 Å². The number of urea groups is 1. The van der Waals surface area contributed by atoms with Crippen LogP contribution in [0, 0.1) is 0 Å². The number of rotatable bonds is 4. The quantitative estimate of drug-likeness (QED) is 0.374. The van der Waals surface area contributed by atoms with E-state index in [4.69, 9.17) is 15.0 Å². The van der Waals surface area contributed by atoms with Crippen molar-refractivity contribution in [3.8, 4) is 16.9 Å². The van der Waals surface area contributed by atoms with Gasteiger partial charge in [-0.05, 0) is 53.6 Å². The smallest absolute Gasteiger partial charge is 0.416 e. The molecule has 0 aliphatic rings. The summed E-state index contributed by atoms with van der Waals surface area (Å²) in [5.74, 6) is 0.672. The Kier molecular flexibility index (Phi) is 5.35. The Bertz CT molecular complexity index is 1280. The maximum absolute atomic E-state index is 12.8. The van der Waals surface area contributed by atoms with Gasteiger partial charge in [0.25, 0.3) is 0 Å². The van der Waals surface area contributed by atoms with Crippen LogP contribution in [0.2, 0.25) is 0 Å². The number of hydrogen-bond donors (Lipinski definition) is 3. The molecule has 0 spiro atoms. The number of nitrogens with zero attached hydrogens (tertiary/aromatic N) is 1. The van der Waals surface area contributed by atoms with Crippen LogP contribution in [0.1, 0.15) is 5.56 Å². The molecule has 164 valence electrons. The van der Waals surface area contributed by atoms with Crippen molar-refractivity contribution in [2.24, 2.45) is 0 Å². The summed E-state index contributed by atoms with van der Waals surface area (Å²) >= 11 is 0. The summed E-state index contributed by atoms with van der Waals surface area (Å²) in [6, 6.07) is 14.1. The zero-order chi connectivity index (χ0) is 22.9. The van der Waals surface area contributed by atoms with Crippen LogP contribution in [0.5, 0.6) is 5.75 Å². The molecule has 7 nitrogen and oxygen atoms in total. The normalized spacial score (nSPS) is 11.4. The monoisotopic (exact) mass is 442 g/mol. The van der Waals surface area contributed by atoms with Crippen molar-refractivity contribution in [1.29, 1.82) is 0 Å². The van der Waals surface area contributed by atoms with Gasteiger partial charge in [0, 0.05) is 11.4 Å². The Labute approximate surface area is 179 Å². The molecule has 0 bridgehead atoms. The molecular formula is C22H17F3N4O3. The summed E-state index contributed by atoms with van der Waals surface area (Å²) < 4.78 is 48.8. The summed E-state index contributed by atoms with van der Waals surface area (Å²) in [4.78, 5) is 12.2. The lowest BCUT2D eigenvalue weighted by atomic mass is 10.0. The second-order valence-corrected chi connectivity index (χ2v) is 6.82. The lowest BCUT2D eigenvalue weighted by Gasteiger charge is -2.11.